The van der Waals surface area contributed by atoms with Gasteiger partial charge >= 0.3 is 0 Å². The fourth-order valence-electron chi connectivity index (χ4n) is 2.08. The van der Waals surface area contributed by atoms with Crippen LogP contribution in [0.4, 0.5) is 5.69 Å². The molecule has 0 spiro atoms. The molecule has 0 aliphatic heterocycles. The summed E-state index contributed by atoms with van der Waals surface area (Å²) in [5.74, 6) is -0.135. The van der Waals surface area contributed by atoms with Gasteiger partial charge < -0.3 is 15.5 Å². The molecule has 0 heterocycles. The van der Waals surface area contributed by atoms with Gasteiger partial charge in [0.15, 0.2) is 0 Å². The third-order valence-electron chi connectivity index (χ3n) is 3.26. The van der Waals surface area contributed by atoms with Crippen molar-refractivity contribution in [2.75, 3.05) is 5.32 Å². The molecule has 0 aliphatic carbocycles. The van der Waals surface area contributed by atoms with Crippen LogP contribution in [0.15, 0.2) is 18.2 Å². The summed E-state index contributed by atoms with van der Waals surface area (Å²) >= 11 is 0. The molecule has 0 saturated carbocycles. The number of benzene rings is 1. The van der Waals surface area contributed by atoms with Gasteiger partial charge in [-0.3, -0.25) is 4.79 Å². The number of hydrogen-bond donors (Lipinski definition) is 3. The van der Waals surface area contributed by atoms with E-state index >= 15 is 0 Å². The van der Waals surface area contributed by atoms with Crippen molar-refractivity contribution in [2.45, 2.75) is 58.3 Å². The first-order valence-corrected chi connectivity index (χ1v) is 7.45. The van der Waals surface area contributed by atoms with E-state index in [2.05, 4.69) is 12.2 Å². The van der Waals surface area contributed by atoms with Gasteiger partial charge in [-0.05, 0) is 18.6 Å². The first kappa shape index (κ1) is 16.3. The van der Waals surface area contributed by atoms with Crippen molar-refractivity contribution in [3.63, 3.8) is 0 Å². The van der Waals surface area contributed by atoms with Crippen molar-refractivity contribution >= 4 is 11.6 Å². The number of carbonyl (C=O) groups is 1. The number of unbranched alkanes of at least 4 members (excludes halogenated alkanes) is 6. The summed E-state index contributed by atoms with van der Waals surface area (Å²) in [4.78, 5) is 11.7. The fourth-order valence-corrected chi connectivity index (χ4v) is 2.08. The number of carbonyl (C=O) groups excluding carboxylic acids is 1. The monoisotopic (exact) mass is 279 g/mol. The molecular weight excluding hydrogens is 254 g/mol. The van der Waals surface area contributed by atoms with Crippen LogP contribution in [0.2, 0.25) is 0 Å². The van der Waals surface area contributed by atoms with E-state index < -0.39 is 0 Å². The molecule has 112 valence electrons. The second-order valence-electron chi connectivity index (χ2n) is 5.12. The van der Waals surface area contributed by atoms with Crippen molar-refractivity contribution in [3.05, 3.63) is 18.2 Å². The second-order valence-corrected chi connectivity index (χ2v) is 5.12. The summed E-state index contributed by atoms with van der Waals surface area (Å²) < 4.78 is 0. The van der Waals surface area contributed by atoms with Gasteiger partial charge in [-0.2, -0.15) is 0 Å². The molecular formula is C16H25NO3. The number of amides is 1. The first-order chi connectivity index (χ1) is 9.63. The zero-order chi connectivity index (χ0) is 14.8. The van der Waals surface area contributed by atoms with E-state index in [1.807, 2.05) is 0 Å². The van der Waals surface area contributed by atoms with Gasteiger partial charge in [0.1, 0.15) is 11.5 Å². The summed E-state index contributed by atoms with van der Waals surface area (Å²) in [6.45, 7) is 2.20. The van der Waals surface area contributed by atoms with Crippen LogP contribution in [0, 0.1) is 0 Å². The quantitative estimate of drug-likeness (QED) is 0.361. The molecule has 0 atom stereocenters. The number of rotatable bonds is 9. The number of phenols is 2. The maximum atomic E-state index is 11.7. The average Bonchev–Trinajstić information content (AvgIpc) is 2.42. The normalized spacial score (nSPS) is 10.4. The Morgan fingerprint density at radius 1 is 1.05 bits per heavy atom. The van der Waals surface area contributed by atoms with E-state index in [-0.39, 0.29) is 23.1 Å². The van der Waals surface area contributed by atoms with Gasteiger partial charge in [-0.15, -0.1) is 0 Å². The number of aromatic hydroxyl groups is 2. The second kappa shape index (κ2) is 9.23. The summed E-state index contributed by atoms with van der Waals surface area (Å²) in [5, 5.41) is 21.5. The summed E-state index contributed by atoms with van der Waals surface area (Å²) in [7, 11) is 0. The molecule has 3 N–H and O–H groups in total. The fraction of sp³-hybridized carbons (Fsp3) is 0.562. The molecule has 0 radical (unpaired) electrons. The molecule has 1 aromatic carbocycles. The van der Waals surface area contributed by atoms with Gasteiger partial charge in [0.05, 0.1) is 5.69 Å². The number of hydrogen-bond acceptors (Lipinski definition) is 3. The van der Waals surface area contributed by atoms with Gasteiger partial charge in [-0.25, -0.2) is 0 Å². The number of anilines is 1. The molecule has 0 unspecified atom stereocenters. The molecule has 0 fully saturated rings. The summed E-state index contributed by atoms with van der Waals surface area (Å²) in [5.41, 5.74) is 0.262. The van der Waals surface area contributed by atoms with Gasteiger partial charge in [0.2, 0.25) is 5.91 Å². The van der Waals surface area contributed by atoms with Crippen molar-refractivity contribution in [3.8, 4) is 11.5 Å². The highest BCUT2D eigenvalue weighted by Gasteiger charge is 2.07. The molecule has 1 amide bonds. The Morgan fingerprint density at radius 3 is 2.40 bits per heavy atom. The molecule has 0 saturated heterocycles. The maximum Gasteiger partial charge on any atom is 0.224 e. The van der Waals surface area contributed by atoms with E-state index in [4.69, 9.17) is 0 Å². The Hall–Kier alpha value is -1.71. The lowest BCUT2D eigenvalue weighted by Crippen LogP contribution is -2.11. The van der Waals surface area contributed by atoms with Crippen LogP contribution in [0.5, 0.6) is 11.5 Å². The van der Waals surface area contributed by atoms with Gasteiger partial charge in [0.25, 0.3) is 0 Å². The van der Waals surface area contributed by atoms with Crippen LogP contribution in [0.1, 0.15) is 58.3 Å². The largest absolute Gasteiger partial charge is 0.508 e. The van der Waals surface area contributed by atoms with E-state index in [9.17, 15) is 15.0 Å². The first-order valence-electron chi connectivity index (χ1n) is 7.45. The van der Waals surface area contributed by atoms with Crippen LogP contribution < -0.4 is 5.32 Å². The predicted octanol–water partition coefficient (Wildman–Crippen LogP) is 4.18. The average molecular weight is 279 g/mol. The van der Waals surface area contributed by atoms with Crippen molar-refractivity contribution < 1.29 is 15.0 Å². The Labute approximate surface area is 120 Å². The van der Waals surface area contributed by atoms with E-state index in [1.54, 1.807) is 0 Å². The number of phenolic OH excluding ortho intramolecular Hbond substituents is 2. The zero-order valence-corrected chi connectivity index (χ0v) is 12.2. The molecule has 4 heteroatoms. The third kappa shape index (κ3) is 6.45. The number of nitrogens with one attached hydrogen (secondary N) is 1. The van der Waals surface area contributed by atoms with Crippen molar-refractivity contribution in [1.82, 2.24) is 0 Å². The minimum atomic E-state index is -0.126. The molecule has 20 heavy (non-hydrogen) atoms. The highest BCUT2D eigenvalue weighted by molar-refractivity contribution is 5.92. The molecule has 1 aromatic rings. The Bertz CT molecular complexity index is 418. The lowest BCUT2D eigenvalue weighted by atomic mass is 10.1. The topological polar surface area (TPSA) is 69.6 Å². The Kier molecular flexibility index (Phi) is 7.55. The molecule has 1 rings (SSSR count). The van der Waals surface area contributed by atoms with Crippen molar-refractivity contribution in [2.24, 2.45) is 0 Å². The van der Waals surface area contributed by atoms with E-state index in [0.717, 1.165) is 12.8 Å². The van der Waals surface area contributed by atoms with Crippen LogP contribution in [0.3, 0.4) is 0 Å². The van der Waals surface area contributed by atoms with Gasteiger partial charge in [-0.1, -0.05) is 45.4 Å². The van der Waals surface area contributed by atoms with Crippen LogP contribution in [-0.2, 0) is 4.79 Å². The lowest BCUT2D eigenvalue weighted by Gasteiger charge is -2.07. The lowest BCUT2D eigenvalue weighted by molar-refractivity contribution is -0.116. The summed E-state index contributed by atoms with van der Waals surface area (Å²) in [6.07, 6.45) is 8.59. The minimum Gasteiger partial charge on any atom is -0.508 e. The minimum absolute atomic E-state index is 0.0222. The molecule has 0 bridgehead atoms. The highest BCUT2D eigenvalue weighted by Crippen LogP contribution is 2.27. The smallest absolute Gasteiger partial charge is 0.224 e. The third-order valence-corrected chi connectivity index (χ3v) is 3.26. The molecule has 0 aliphatic rings. The predicted molar refractivity (Wildman–Crippen MR) is 81.0 cm³/mol. The van der Waals surface area contributed by atoms with Crippen LogP contribution in [-0.4, -0.2) is 16.1 Å². The zero-order valence-electron chi connectivity index (χ0n) is 12.2. The van der Waals surface area contributed by atoms with Crippen molar-refractivity contribution in [1.29, 1.82) is 0 Å². The SMILES string of the molecule is CCCCCCCCCC(=O)Nc1cc(O)ccc1O. The standard InChI is InChI=1S/C16H25NO3/c1-2-3-4-5-6-7-8-9-16(20)17-14-12-13(18)10-11-15(14)19/h10-12,18-19H,2-9H2,1H3,(H,17,20). The van der Waals surface area contributed by atoms with E-state index in [1.165, 1.54) is 50.3 Å². The summed E-state index contributed by atoms with van der Waals surface area (Å²) in [6, 6.07) is 4.08. The maximum absolute atomic E-state index is 11.7. The van der Waals surface area contributed by atoms with E-state index in [0.29, 0.717) is 6.42 Å². The van der Waals surface area contributed by atoms with Crippen LogP contribution >= 0.6 is 0 Å². The Morgan fingerprint density at radius 2 is 1.70 bits per heavy atom. The molecule has 0 aromatic heterocycles. The van der Waals surface area contributed by atoms with Gasteiger partial charge in [0, 0.05) is 12.5 Å². The highest BCUT2D eigenvalue weighted by atomic mass is 16.3. The Balaban J connectivity index is 2.19. The molecule has 4 nitrogen and oxygen atoms in total. The van der Waals surface area contributed by atoms with Crippen LogP contribution in [0.25, 0.3) is 0 Å².